The molecule has 0 saturated heterocycles. The van der Waals surface area contributed by atoms with E-state index in [2.05, 4.69) is 88.9 Å². The number of benzene rings is 2. The molecule has 0 aliphatic carbocycles. The molecule has 5 heteroatoms. The van der Waals surface area contributed by atoms with Crippen LogP contribution in [0.4, 0.5) is 4.79 Å². The molecule has 142 valence electrons. The van der Waals surface area contributed by atoms with Crippen molar-refractivity contribution in [2.45, 2.75) is 18.9 Å². The zero-order chi connectivity index (χ0) is 19.1. The average molecular weight is 382 g/mol. The predicted octanol–water partition coefficient (Wildman–Crippen LogP) is 3.92. The molecule has 1 aromatic heterocycles. The average Bonchev–Trinajstić information content (AvgIpc) is 3.18. The molecule has 0 saturated carbocycles. The summed E-state index contributed by atoms with van der Waals surface area (Å²) in [4.78, 5) is 14.3. The van der Waals surface area contributed by atoms with Gasteiger partial charge in [-0.25, -0.2) is 4.79 Å². The molecule has 0 radical (unpaired) electrons. The number of likely N-dealkylation sites (N-methyl/N-ethyl adjacent to an activating group) is 1. The summed E-state index contributed by atoms with van der Waals surface area (Å²) in [5, 5.41) is 12.7. The number of carbonyl (C=O) groups is 1. The second-order valence-corrected chi connectivity index (χ2v) is 7.76. The van der Waals surface area contributed by atoms with E-state index in [9.17, 15) is 4.79 Å². The van der Waals surface area contributed by atoms with Gasteiger partial charge >= 0.3 is 6.03 Å². The van der Waals surface area contributed by atoms with Crippen LogP contribution >= 0.6 is 11.3 Å². The van der Waals surface area contributed by atoms with Crippen LogP contribution in [0, 0.1) is 0 Å². The van der Waals surface area contributed by atoms with E-state index in [-0.39, 0.29) is 12.1 Å². The second kappa shape index (κ2) is 9.53. The largest absolute Gasteiger partial charge is 0.338 e. The van der Waals surface area contributed by atoms with E-state index in [0.29, 0.717) is 13.1 Å². The van der Waals surface area contributed by atoms with E-state index in [1.54, 1.807) is 11.3 Å². The maximum atomic E-state index is 12.1. The summed E-state index contributed by atoms with van der Waals surface area (Å²) in [6.07, 6.45) is 1.76. The Bertz CT molecular complexity index is 856. The van der Waals surface area contributed by atoms with Gasteiger partial charge in [0.05, 0.1) is 0 Å². The molecule has 4 nitrogen and oxygen atoms in total. The van der Waals surface area contributed by atoms with Gasteiger partial charge in [0, 0.05) is 19.1 Å². The molecule has 1 atom stereocenters. The number of rotatable bonds is 8. The smallest absolute Gasteiger partial charge is 0.314 e. The van der Waals surface area contributed by atoms with E-state index in [1.165, 1.54) is 21.9 Å². The summed E-state index contributed by atoms with van der Waals surface area (Å²) in [6, 6.07) is 17.1. The minimum atomic E-state index is -0.102. The zero-order valence-corrected chi connectivity index (χ0v) is 16.8. The molecular weight excluding hydrogens is 354 g/mol. The Hall–Kier alpha value is -2.37. The summed E-state index contributed by atoms with van der Waals surface area (Å²) in [5.74, 6) is 0. The quantitative estimate of drug-likeness (QED) is 0.621. The van der Waals surface area contributed by atoms with Crippen LogP contribution in [0.1, 0.15) is 11.1 Å². The van der Waals surface area contributed by atoms with Crippen molar-refractivity contribution in [2.24, 2.45) is 0 Å². The predicted molar refractivity (Wildman–Crippen MR) is 115 cm³/mol. The van der Waals surface area contributed by atoms with Gasteiger partial charge in [0.1, 0.15) is 0 Å². The number of carbonyl (C=O) groups excluding carboxylic acids is 1. The highest BCUT2D eigenvalue weighted by Crippen LogP contribution is 2.20. The topological polar surface area (TPSA) is 44.4 Å². The van der Waals surface area contributed by atoms with Gasteiger partial charge in [-0.15, -0.1) is 0 Å². The summed E-state index contributed by atoms with van der Waals surface area (Å²) >= 11 is 1.68. The molecule has 0 unspecified atom stereocenters. The number of amides is 2. The number of nitrogens with one attached hydrogen (secondary N) is 2. The molecular formula is C22H27N3OS. The van der Waals surface area contributed by atoms with Crippen LogP contribution in [0.25, 0.3) is 10.8 Å². The minimum absolute atomic E-state index is 0.102. The van der Waals surface area contributed by atoms with Gasteiger partial charge in [0.2, 0.25) is 0 Å². The Balaban J connectivity index is 1.53. The number of thiophene rings is 1. The Morgan fingerprint density at radius 3 is 2.67 bits per heavy atom. The van der Waals surface area contributed by atoms with Crippen LogP contribution in [-0.2, 0) is 12.8 Å². The molecule has 0 fully saturated rings. The van der Waals surface area contributed by atoms with E-state index >= 15 is 0 Å². The highest BCUT2D eigenvalue weighted by molar-refractivity contribution is 7.07. The van der Waals surface area contributed by atoms with E-state index in [4.69, 9.17) is 0 Å². The lowest BCUT2D eigenvalue weighted by atomic mass is 9.98. The zero-order valence-electron chi connectivity index (χ0n) is 15.9. The summed E-state index contributed by atoms with van der Waals surface area (Å²) in [6.45, 7) is 1.26. The molecule has 1 heterocycles. The third-order valence-electron chi connectivity index (χ3n) is 4.84. The first-order valence-electron chi connectivity index (χ1n) is 9.29. The monoisotopic (exact) mass is 381 g/mol. The molecule has 27 heavy (non-hydrogen) atoms. The fraction of sp³-hybridized carbons (Fsp3) is 0.318. The van der Waals surface area contributed by atoms with E-state index < -0.39 is 0 Å². The van der Waals surface area contributed by atoms with Crippen molar-refractivity contribution < 1.29 is 4.79 Å². The van der Waals surface area contributed by atoms with Gasteiger partial charge in [-0.3, -0.25) is 0 Å². The van der Waals surface area contributed by atoms with Crippen molar-refractivity contribution in [3.8, 4) is 0 Å². The van der Waals surface area contributed by atoms with Crippen LogP contribution in [0.15, 0.2) is 59.3 Å². The maximum absolute atomic E-state index is 12.1. The van der Waals surface area contributed by atoms with E-state index in [0.717, 1.165) is 12.8 Å². The van der Waals surface area contributed by atoms with Gasteiger partial charge in [-0.05, 0) is 65.7 Å². The van der Waals surface area contributed by atoms with Gasteiger partial charge in [0.15, 0.2) is 0 Å². The van der Waals surface area contributed by atoms with Crippen molar-refractivity contribution in [1.82, 2.24) is 15.5 Å². The molecule has 0 aliphatic heterocycles. The second-order valence-electron chi connectivity index (χ2n) is 6.98. The van der Waals surface area contributed by atoms with Crippen molar-refractivity contribution in [1.29, 1.82) is 0 Å². The number of fused-ring (bicyclic) bond motifs is 1. The standard InChI is InChI=1S/C22H27N3OS/c1-25(2)20(14-19-8-5-7-18-6-3-4-9-21(18)19)15-24-22(26)23-12-10-17-11-13-27-16-17/h3-9,11,13,16,20H,10,12,14-15H2,1-2H3,(H2,23,24,26)/t20-/m0/s1. The van der Waals surface area contributed by atoms with Gasteiger partial charge in [-0.2, -0.15) is 11.3 Å². The summed E-state index contributed by atoms with van der Waals surface area (Å²) < 4.78 is 0. The number of urea groups is 1. The Labute approximate surface area is 165 Å². The fourth-order valence-electron chi connectivity index (χ4n) is 3.19. The van der Waals surface area contributed by atoms with Crippen LogP contribution in [0.2, 0.25) is 0 Å². The van der Waals surface area contributed by atoms with Crippen LogP contribution < -0.4 is 10.6 Å². The first-order chi connectivity index (χ1) is 13.1. The Kier molecular flexibility index (Phi) is 6.85. The Morgan fingerprint density at radius 1 is 1.07 bits per heavy atom. The highest BCUT2D eigenvalue weighted by atomic mass is 32.1. The first kappa shape index (κ1) is 19.4. The highest BCUT2D eigenvalue weighted by Gasteiger charge is 2.15. The molecule has 3 aromatic rings. The lowest BCUT2D eigenvalue weighted by Crippen LogP contribution is -2.45. The molecule has 0 bridgehead atoms. The molecule has 2 N–H and O–H groups in total. The lowest BCUT2D eigenvalue weighted by Gasteiger charge is -2.25. The number of hydrogen-bond acceptors (Lipinski definition) is 3. The normalized spacial score (nSPS) is 12.3. The van der Waals surface area contributed by atoms with Crippen LogP contribution in [0.3, 0.4) is 0 Å². The summed E-state index contributed by atoms with van der Waals surface area (Å²) in [5.41, 5.74) is 2.58. The molecule has 0 aliphatic rings. The molecule has 3 rings (SSSR count). The third kappa shape index (κ3) is 5.55. The van der Waals surface area contributed by atoms with Gasteiger partial charge in [0.25, 0.3) is 0 Å². The van der Waals surface area contributed by atoms with E-state index in [1.807, 2.05) is 0 Å². The SMILES string of the molecule is CN(C)[C@H](CNC(=O)NCCc1ccsc1)Cc1cccc2ccccc12. The van der Waals surface area contributed by atoms with Gasteiger partial charge < -0.3 is 15.5 Å². The van der Waals surface area contributed by atoms with Crippen molar-refractivity contribution in [2.75, 3.05) is 27.2 Å². The third-order valence-corrected chi connectivity index (χ3v) is 5.58. The van der Waals surface area contributed by atoms with Crippen molar-refractivity contribution >= 4 is 28.1 Å². The summed E-state index contributed by atoms with van der Waals surface area (Å²) in [7, 11) is 4.12. The number of nitrogens with zero attached hydrogens (tertiary/aromatic N) is 1. The van der Waals surface area contributed by atoms with Crippen LogP contribution in [0.5, 0.6) is 0 Å². The maximum Gasteiger partial charge on any atom is 0.314 e. The Morgan fingerprint density at radius 2 is 1.89 bits per heavy atom. The minimum Gasteiger partial charge on any atom is -0.338 e. The molecule has 2 amide bonds. The van der Waals surface area contributed by atoms with Crippen molar-refractivity contribution in [3.05, 3.63) is 70.4 Å². The lowest BCUT2D eigenvalue weighted by molar-refractivity contribution is 0.232. The van der Waals surface area contributed by atoms with Crippen molar-refractivity contribution in [3.63, 3.8) is 0 Å². The number of hydrogen-bond donors (Lipinski definition) is 2. The molecule has 0 spiro atoms. The first-order valence-corrected chi connectivity index (χ1v) is 10.2. The van der Waals surface area contributed by atoms with Gasteiger partial charge in [-0.1, -0.05) is 42.5 Å². The molecule has 2 aromatic carbocycles. The van der Waals surface area contributed by atoms with Crippen LogP contribution in [-0.4, -0.2) is 44.2 Å². The fourth-order valence-corrected chi connectivity index (χ4v) is 3.89.